The van der Waals surface area contributed by atoms with Crippen LogP contribution in [-0.2, 0) is 0 Å². The van der Waals surface area contributed by atoms with Gasteiger partial charge >= 0.3 is 0 Å². The Kier molecular flexibility index (Phi) is 6.21. The van der Waals surface area contributed by atoms with Gasteiger partial charge in [-0.25, -0.2) is 4.98 Å². The lowest BCUT2D eigenvalue weighted by Gasteiger charge is -2.20. The molecule has 143 valence electrons. The first-order valence-corrected chi connectivity index (χ1v) is 10.8. The normalized spacial score (nSPS) is 16.1. The molecule has 1 aromatic heterocycles. The Morgan fingerprint density at radius 3 is 2.54 bits per heavy atom. The first-order valence-electron chi connectivity index (χ1n) is 10.4. The molecular formula is C24H27BClN2. The largest absolute Gasteiger partial charge is 0.355 e. The van der Waals surface area contributed by atoms with Gasteiger partial charge in [0.1, 0.15) is 0 Å². The second-order valence-electron chi connectivity index (χ2n) is 7.93. The Morgan fingerprint density at radius 2 is 1.79 bits per heavy atom. The van der Waals surface area contributed by atoms with E-state index in [4.69, 9.17) is 16.6 Å². The lowest BCUT2D eigenvalue weighted by atomic mass is 9.65. The van der Waals surface area contributed by atoms with E-state index in [0.717, 1.165) is 17.1 Å². The number of nitrogens with zero attached hydrogens (tertiary/aromatic N) is 1. The quantitative estimate of drug-likeness (QED) is 0.515. The minimum absolute atomic E-state index is 0.267. The molecule has 1 aliphatic carbocycles. The van der Waals surface area contributed by atoms with Crippen LogP contribution in [0.15, 0.2) is 54.6 Å². The molecule has 1 radical (unpaired) electrons. The van der Waals surface area contributed by atoms with Gasteiger partial charge in [-0.2, -0.15) is 0 Å². The van der Waals surface area contributed by atoms with E-state index < -0.39 is 0 Å². The van der Waals surface area contributed by atoms with Crippen molar-refractivity contribution < 1.29 is 0 Å². The highest BCUT2D eigenvalue weighted by molar-refractivity contribution is 6.51. The van der Waals surface area contributed by atoms with Crippen LogP contribution in [0.4, 0.5) is 0 Å². The van der Waals surface area contributed by atoms with E-state index in [-0.39, 0.29) is 5.92 Å². The molecule has 2 aromatic carbocycles. The molecule has 0 amide bonds. The Bertz CT molecular complexity index is 900. The van der Waals surface area contributed by atoms with Crippen LogP contribution in [0, 0.1) is 6.92 Å². The predicted octanol–water partition coefficient (Wildman–Crippen LogP) is 6.00. The summed E-state index contributed by atoms with van der Waals surface area (Å²) in [6, 6.07) is 18.9. The molecule has 1 aliphatic rings. The summed E-state index contributed by atoms with van der Waals surface area (Å²) in [6.45, 7) is 2.17. The van der Waals surface area contributed by atoms with E-state index in [2.05, 4.69) is 61.7 Å². The first kappa shape index (κ1) is 19.3. The molecule has 1 unspecified atom stereocenters. The van der Waals surface area contributed by atoms with Gasteiger partial charge in [0.25, 0.3) is 0 Å². The number of hydrogen-bond acceptors (Lipinski definition) is 1. The van der Waals surface area contributed by atoms with Gasteiger partial charge in [-0.1, -0.05) is 79.6 Å². The lowest BCUT2D eigenvalue weighted by Crippen LogP contribution is -2.21. The fraction of sp³-hybridized carbons (Fsp3) is 0.375. The van der Waals surface area contributed by atoms with Crippen molar-refractivity contribution in [2.45, 2.75) is 57.2 Å². The Hall–Kier alpha value is -2.00. The van der Waals surface area contributed by atoms with Crippen LogP contribution < -0.4 is 5.72 Å². The monoisotopic (exact) mass is 389 g/mol. The summed E-state index contributed by atoms with van der Waals surface area (Å²) in [6.07, 6.45) is 7.49. The molecule has 3 aromatic rings. The zero-order chi connectivity index (χ0) is 19.3. The van der Waals surface area contributed by atoms with Crippen LogP contribution in [0.5, 0.6) is 0 Å². The maximum atomic E-state index is 6.27. The van der Waals surface area contributed by atoms with Crippen LogP contribution in [0.1, 0.15) is 66.5 Å². The smallest absolute Gasteiger partial charge is 0.202 e. The van der Waals surface area contributed by atoms with Crippen molar-refractivity contribution in [1.82, 2.24) is 9.97 Å². The summed E-state index contributed by atoms with van der Waals surface area (Å²) >= 11 is 6.27. The molecule has 1 fully saturated rings. The number of imidazole rings is 1. The van der Waals surface area contributed by atoms with E-state index in [1.165, 1.54) is 54.6 Å². The van der Waals surface area contributed by atoms with Crippen LogP contribution in [0.25, 0.3) is 0 Å². The minimum atomic E-state index is 0.267. The lowest BCUT2D eigenvalue weighted by molar-refractivity contribution is 0.436. The van der Waals surface area contributed by atoms with Crippen molar-refractivity contribution >= 4 is 24.6 Å². The van der Waals surface area contributed by atoms with Gasteiger partial charge in [-0.3, -0.25) is 0 Å². The van der Waals surface area contributed by atoms with Crippen LogP contribution in [0.3, 0.4) is 0 Å². The number of aromatic amines is 1. The molecule has 1 N–H and O–H groups in total. The molecule has 4 heteroatoms. The Labute approximate surface area is 174 Å². The maximum absolute atomic E-state index is 6.27. The highest BCUT2D eigenvalue weighted by Crippen LogP contribution is 2.33. The average Bonchev–Trinajstić information content (AvgIpc) is 3.10. The molecule has 0 bridgehead atoms. The molecule has 28 heavy (non-hydrogen) atoms. The number of halogens is 1. The van der Waals surface area contributed by atoms with Crippen LogP contribution >= 0.6 is 11.6 Å². The molecule has 4 rings (SSSR count). The molecule has 0 saturated heterocycles. The van der Waals surface area contributed by atoms with Gasteiger partial charge in [-0.05, 0) is 43.0 Å². The number of H-pyrrole nitrogens is 1. The van der Waals surface area contributed by atoms with Crippen molar-refractivity contribution in [2.24, 2.45) is 0 Å². The molecular weight excluding hydrogens is 363 g/mol. The van der Waals surface area contributed by atoms with Crippen LogP contribution in [0.2, 0.25) is 11.3 Å². The number of aryl methyl sites for hydroxylation is 1. The molecule has 1 heterocycles. The number of benzene rings is 2. The third-order valence-electron chi connectivity index (χ3n) is 5.93. The summed E-state index contributed by atoms with van der Waals surface area (Å²) in [5.41, 5.74) is 6.06. The number of aromatic nitrogens is 2. The number of rotatable bonds is 6. The minimum Gasteiger partial charge on any atom is -0.355 e. The zero-order valence-corrected chi connectivity index (χ0v) is 17.3. The van der Waals surface area contributed by atoms with Gasteiger partial charge in [-0.15, -0.1) is 0 Å². The van der Waals surface area contributed by atoms with E-state index in [1.54, 1.807) is 0 Å². The van der Waals surface area contributed by atoms with Crippen molar-refractivity contribution in [3.63, 3.8) is 0 Å². The molecule has 1 atom stereocenters. The second-order valence-corrected chi connectivity index (χ2v) is 8.36. The first-order chi connectivity index (χ1) is 13.7. The second kappa shape index (κ2) is 9.00. The van der Waals surface area contributed by atoms with E-state index in [1.807, 2.05) is 12.1 Å². The molecule has 2 nitrogen and oxygen atoms in total. The average molecular weight is 390 g/mol. The highest BCUT2D eigenvalue weighted by atomic mass is 35.5. The summed E-state index contributed by atoms with van der Waals surface area (Å²) in [5, 5.41) is 0.784. The summed E-state index contributed by atoms with van der Waals surface area (Å²) in [4.78, 5) is 8.49. The Morgan fingerprint density at radius 1 is 1.04 bits per heavy atom. The summed E-state index contributed by atoms with van der Waals surface area (Å²) in [7, 11) is 2.25. The van der Waals surface area contributed by atoms with Crippen molar-refractivity contribution in [1.29, 1.82) is 0 Å². The zero-order valence-electron chi connectivity index (χ0n) is 16.5. The summed E-state index contributed by atoms with van der Waals surface area (Å²) in [5.74, 6) is 0.897. The standard InChI is InChI=1S/C24H27BClN2/c1-17-23(19-11-6-3-7-12-19)28-24(27-17)25-16-22(18-9-4-2-5-10-18)20-13-8-14-21(26)15-20/h2,4-5,8-10,13-15,19,22H,3,6-7,11-12,16H2,1H3,(H,27,28). The van der Waals surface area contributed by atoms with Crippen molar-refractivity contribution in [2.75, 3.05) is 0 Å². The molecule has 0 spiro atoms. The number of nitrogens with one attached hydrogen (secondary N) is 1. The SMILES string of the molecule is Cc1[nH]c([B]CC(c2ccccc2)c2cccc(Cl)c2)nc1C1CCCCC1. The van der Waals surface area contributed by atoms with Crippen molar-refractivity contribution in [3.05, 3.63) is 82.1 Å². The van der Waals surface area contributed by atoms with Gasteiger partial charge in [0.2, 0.25) is 7.28 Å². The van der Waals surface area contributed by atoms with Gasteiger partial charge in [0.15, 0.2) is 0 Å². The van der Waals surface area contributed by atoms with E-state index in [0.29, 0.717) is 5.92 Å². The fourth-order valence-electron chi connectivity index (χ4n) is 4.47. The van der Waals surface area contributed by atoms with Gasteiger partial charge < -0.3 is 4.98 Å². The summed E-state index contributed by atoms with van der Waals surface area (Å²) < 4.78 is 0. The van der Waals surface area contributed by atoms with Gasteiger partial charge in [0.05, 0.1) is 11.4 Å². The van der Waals surface area contributed by atoms with Crippen molar-refractivity contribution in [3.8, 4) is 0 Å². The Balaban J connectivity index is 1.53. The van der Waals surface area contributed by atoms with E-state index in [9.17, 15) is 0 Å². The third-order valence-corrected chi connectivity index (χ3v) is 6.17. The van der Waals surface area contributed by atoms with E-state index >= 15 is 0 Å². The maximum Gasteiger partial charge on any atom is 0.202 e. The molecule has 0 aliphatic heterocycles. The number of hydrogen-bond donors (Lipinski definition) is 1. The highest BCUT2D eigenvalue weighted by Gasteiger charge is 2.22. The van der Waals surface area contributed by atoms with Crippen LogP contribution in [-0.4, -0.2) is 17.2 Å². The topological polar surface area (TPSA) is 28.7 Å². The molecule has 1 saturated carbocycles. The predicted molar refractivity (Wildman–Crippen MR) is 119 cm³/mol. The third kappa shape index (κ3) is 4.52. The van der Waals surface area contributed by atoms with Gasteiger partial charge in [0, 0.05) is 22.6 Å². The fourth-order valence-corrected chi connectivity index (χ4v) is 4.67.